The molecule has 1 aliphatic heterocycles. The van der Waals surface area contributed by atoms with Crippen LogP contribution in [0.25, 0.3) is 0 Å². The Hall–Kier alpha value is -2.14. The largest absolute Gasteiger partial charge is 0.299 e. The molecule has 22 heavy (non-hydrogen) atoms. The average molecular weight is 305 g/mol. The maximum absolute atomic E-state index is 13.3. The lowest BCUT2D eigenvalue weighted by Gasteiger charge is -2.31. The molecule has 1 fully saturated rings. The maximum atomic E-state index is 13.3. The van der Waals surface area contributed by atoms with E-state index in [2.05, 4.69) is 4.90 Å². The molecule has 2 aromatic rings. The topological polar surface area (TPSA) is 20.3 Å². The van der Waals surface area contributed by atoms with Gasteiger partial charge in [-0.1, -0.05) is 24.3 Å². The van der Waals surface area contributed by atoms with Crippen LogP contribution < -0.4 is 0 Å². The van der Waals surface area contributed by atoms with Gasteiger partial charge in [0.1, 0.15) is 0 Å². The van der Waals surface area contributed by atoms with Crippen molar-refractivity contribution >= 4 is 5.78 Å². The zero-order valence-electron chi connectivity index (χ0n) is 11.8. The van der Waals surface area contributed by atoms with Gasteiger partial charge in [-0.3, -0.25) is 9.69 Å². The van der Waals surface area contributed by atoms with E-state index in [1.165, 1.54) is 0 Å². The summed E-state index contributed by atoms with van der Waals surface area (Å²) in [7, 11) is 0. The SMILES string of the molecule is O=C(c1cc(F)c(F)c(F)c1)c1ccccc1CN1CCC1. The molecule has 114 valence electrons. The van der Waals surface area contributed by atoms with Gasteiger partial charge in [0.15, 0.2) is 23.2 Å². The molecule has 0 bridgehead atoms. The van der Waals surface area contributed by atoms with Crippen molar-refractivity contribution in [3.8, 4) is 0 Å². The molecule has 0 unspecified atom stereocenters. The second-order valence-electron chi connectivity index (χ2n) is 5.37. The fourth-order valence-electron chi connectivity index (χ4n) is 2.50. The number of benzene rings is 2. The number of hydrogen-bond acceptors (Lipinski definition) is 2. The number of rotatable bonds is 4. The van der Waals surface area contributed by atoms with Crippen LogP contribution in [0.1, 0.15) is 27.9 Å². The van der Waals surface area contributed by atoms with Gasteiger partial charge < -0.3 is 0 Å². The third-order valence-electron chi connectivity index (χ3n) is 3.85. The highest BCUT2D eigenvalue weighted by Gasteiger charge is 2.21. The second kappa shape index (κ2) is 5.93. The van der Waals surface area contributed by atoms with Crippen molar-refractivity contribution in [1.82, 2.24) is 4.90 Å². The Morgan fingerprint density at radius 2 is 1.68 bits per heavy atom. The lowest BCUT2D eigenvalue weighted by molar-refractivity contribution is 0.103. The monoisotopic (exact) mass is 305 g/mol. The first-order chi connectivity index (χ1) is 10.6. The third-order valence-corrected chi connectivity index (χ3v) is 3.85. The Kier molecular flexibility index (Phi) is 3.98. The van der Waals surface area contributed by atoms with Crippen LogP contribution in [-0.4, -0.2) is 23.8 Å². The molecular formula is C17H14F3NO. The number of likely N-dealkylation sites (tertiary alicyclic amines) is 1. The molecule has 0 radical (unpaired) electrons. The minimum Gasteiger partial charge on any atom is -0.299 e. The van der Waals surface area contributed by atoms with E-state index in [9.17, 15) is 18.0 Å². The van der Waals surface area contributed by atoms with Gasteiger partial charge in [0, 0.05) is 17.7 Å². The van der Waals surface area contributed by atoms with Crippen molar-refractivity contribution in [2.75, 3.05) is 13.1 Å². The summed E-state index contributed by atoms with van der Waals surface area (Å²) in [5, 5.41) is 0. The standard InChI is InChI=1S/C17H14F3NO/c18-14-8-12(9-15(19)16(14)20)17(22)13-5-2-1-4-11(13)10-21-6-3-7-21/h1-2,4-5,8-9H,3,6-7,10H2. The molecule has 0 N–H and O–H groups in total. The number of halogens is 3. The molecule has 3 rings (SSSR count). The summed E-state index contributed by atoms with van der Waals surface area (Å²) in [6.45, 7) is 2.57. The van der Waals surface area contributed by atoms with Crippen molar-refractivity contribution in [2.24, 2.45) is 0 Å². The molecule has 0 saturated carbocycles. The molecule has 5 heteroatoms. The fraction of sp³-hybridized carbons (Fsp3) is 0.235. The van der Waals surface area contributed by atoms with Crippen molar-refractivity contribution < 1.29 is 18.0 Å². The van der Waals surface area contributed by atoms with Gasteiger partial charge in [-0.2, -0.15) is 0 Å². The molecule has 1 saturated heterocycles. The summed E-state index contributed by atoms with van der Waals surface area (Å²) in [6, 6.07) is 8.43. The Bertz CT molecular complexity index is 703. The number of carbonyl (C=O) groups excluding carboxylic acids is 1. The normalized spacial score (nSPS) is 14.7. The van der Waals surface area contributed by atoms with Gasteiger partial charge in [-0.05, 0) is 37.2 Å². The number of ketones is 1. The van der Waals surface area contributed by atoms with Crippen molar-refractivity contribution in [3.63, 3.8) is 0 Å². The van der Waals surface area contributed by atoms with Gasteiger partial charge in [0.25, 0.3) is 0 Å². The van der Waals surface area contributed by atoms with Crippen LogP contribution in [0.4, 0.5) is 13.2 Å². The molecule has 0 aromatic heterocycles. The minimum absolute atomic E-state index is 0.188. The van der Waals surface area contributed by atoms with E-state index in [4.69, 9.17) is 0 Å². The van der Waals surface area contributed by atoms with Crippen molar-refractivity contribution in [1.29, 1.82) is 0 Å². The second-order valence-corrected chi connectivity index (χ2v) is 5.37. The van der Waals surface area contributed by atoms with Crippen LogP contribution in [0.2, 0.25) is 0 Å². The molecule has 0 spiro atoms. The van der Waals surface area contributed by atoms with Crippen LogP contribution in [0.15, 0.2) is 36.4 Å². The predicted molar refractivity (Wildman–Crippen MR) is 76.1 cm³/mol. The molecule has 2 aromatic carbocycles. The summed E-state index contributed by atoms with van der Waals surface area (Å²) in [5.41, 5.74) is 1.00. The van der Waals surface area contributed by atoms with Crippen LogP contribution in [0.5, 0.6) is 0 Å². The van der Waals surface area contributed by atoms with E-state index in [1.807, 2.05) is 12.1 Å². The summed E-state index contributed by atoms with van der Waals surface area (Å²) in [6.07, 6.45) is 1.13. The summed E-state index contributed by atoms with van der Waals surface area (Å²) >= 11 is 0. The van der Waals surface area contributed by atoms with E-state index < -0.39 is 23.2 Å². The number of carbonyl (C=O) groups is 1. The zero-order valence-corrected chi connectivity index (χ0v) is 11.8. The quantitative estimate of drug-likeness (QED) is 0.636. The predicted octanol–water partition coefficient (Wildman–Crippen LogP) is 3.54. The van der Waals surface area contributed by atoms with E-state index in [-0.39, 0.29) is 5.56 Å². The van der Waals surface area contributed by atoms with Crippen LogP contribution in [0, 0.1) is 17.5 Å². The summed E-state index contributed by atoms with van der Waals surface area (Å²) < 4.78 is 39.6. The third kappa shape index (κ3) is 2.76. The number of nitrogens with zero attached hydrogens (tertiary/aromatic N) is 1. The first-order valence-corrected chi connectivity index (χ1v) is 7.06. The highest BCUT2D eigenvalue weighted by Crippen LogP contribution is 2.21. The number of hydrogen-bond donors (Lipinski definition) is 0. The van der Waals surface area contributed by atoms with Crippen LogP contribution >= 0.6 is 0 Å². The van der Waals surface area contributed by atoms with Gasteiger partial charge >= 0.3 is 0 Å². The molecule has 2 nitrogen and oxygen atoms in total. The molecular weight excluding hydrogens is 291 g/mol. The zero-order chi connectivity index (χ0) is 15.7. The van der Waals surface area contributed by atoms with Crippen LogP contribution in [-0.2, 0) is 6.54 Å². The summed E-state index contributed by atoms with van der Waals surface area (Å²) in [4.78, 5) is 14.7. The molecule has 1 aliphatic rings. The Labute approximate surface area is 126 Å². The maximum Gasteiger partial charge on any atom is 0.194 e. The molecule has 1 heterocycles. The van der Waals surface area contributed by atoms with E-state index in [1.54, 1.807) is 12.1 Å². The van der Waals surface area contributed by atoms with Gasteiger partial charge in [0.2, 0.25) is 0 Å². The van der Waals surface area contributed by atoms with Crippen LogP contribution in [0.3, 0.4) is 0 Å². The average Bonchev–Trinajstić information content (AvgIpc) is 2.47. The highest BCUT2D eigenvalue weighted by molar-refractivity contribution is 6.09. The van der Waals surface area contributed by atoms with Crippen molar-refractivity contribution in [3.05, 3.63) is 70.5 Å². The first kappa shape index (κ1) is 14.8. The van der Waals surface area contributed by atoms with E-state index in [0.29, 0.717) is 12.1 Å². The fourth-order valence-corrected chi connectivity index (χ4v) is 2.50. The molecule has 0 aliphatic carbocycles. The Morgan fingerprint density at radius 3 is 2.27 bits per heavy atom. The summed E-state index contributed by atoms with van der Waals surface area (Å²) in [5.74, 6) is -4.79. The Morgan fingerprint density at radius 1 is 1.05 bits per heavy atom. The van der Waals surface area contributed by atoms with E-state index in [0.717, 1.165) is 37.2 Å². The minimum atomic E-state index is -1.56. The van der Waals surface area contributed by atoms with Gasteiger partial charge in [-0.25, -0.2) is 13.2 Å². The van der Waals surface area contributed by atoms with Crippen molar-refractivity contribution in [2.45, 2.75) is 13.0 Å². The highest BCUT2D eigenvalue weighted by atomic mass is 19.2. The lowest BCUT2D eigenvalue weighted by atomic mass is 9.97. The smallest absolute Gasteiger partial charge is 0.194 e. The van der Waals surface area contributed by atoms with Gasteiger partial charge in [0.05, 0.1) is 0 Å². The van der Waals surface area contributed by atoms with E-state index >= 15 is 0 Å². The molecule has 0 atom stereocenters. The Balaban J connectivity index is 1.95. The first-order valence-electron chi connectivity index (χ1n) is 7.06. The molecule has 0 amide bonds. The lowest BCUT2D eigenvalue weighted by Crippen LogP contribution is -2.36. The van der Waals surface area contributed by atoms with Gasteiger partial charge in [-0.15, -0.1) is 0 Å².